The van der Waals surface area contributed by atoms with Crippen LogP contribution in [0.25, 0.3) is 22.3 Å². The number of halogens is 2. The largest absolute Gasteiger partial charge is 0.492 e. The number of amides is 6. The number of aromatic nitrogens is 8. The van der Waals surface area contributed by atoms with Crippen LogP contribution in [0, 0.1) is 53.2 Å². The summed E-state index contributed by atoms with van der Waals surface area (Å²) in [6.45, 7) is 58.9. The van der Waals surface area contributed by atoms with Crippen LogP contribution < -0.4 is 20.1 Å². The van der Waals surface area contributed by atoms with Gasteiger partial charge in [0.1, 0.15) is 36.3 Å². The minimum atomic E-state index is -0.537. The number of carbonyl (C=O) groups excluding carboxylic acids is 8. The molecule has 138 heavy (non-hydrogen) atoms. The van der Waals surface area contributed by atoms with Crippen molar-refractivity contribution in [3.8, 4) is 11.5 Å². The van der Waals surface area contributed by atoms with E-state index in [0.29, 0.717) is 149 Å². The number of H-pyrrole nitrogens is 4. The number of nitrogens with one attached hydrogen (secondary N) is 6. The minimum Gasteiger partial charge on any atom is -0.492 e. The number of benzene rings is 4. The molecule has 0 aliphatic carbocycles. The Labute approximate surface area is 813 Å². The molecule has 4 aromatic carbocycles. The first-order chi connectivity index (χ1) is 65.2. The molecule has 0 radical (unpaired) electrons. The van der Waals surface area contributed by atoms with Gasteiger partial charge in [-0.25, -0.2) is 18.4 Å². The van der Waals surface area contributed by atoms with Crippen LogP contribution in [0.3, 0.4) is 0 Å². The number of carbonyl (C=O) groups is 8. The van der Waals surface area contributed by atoms with E-state index in [1.165, 1.54) is 62.8 Å². The van der Waals surface area contributed by atoms with Gasteiger partial charge in [0.05, 0.1) is 57.3 Å². The number of rotatable bonds is 24. The molecule has 0 saturated carbocycles. The summed E-state index contributed by atoms with van der Waals surface area (Å²) >= 11 is 0. The summed E-state index contributed by atoms with van der Waals surface area (Å²) in [6.07, 6.45) is 9.03. The highest BCUT2D eigenvalue weighted by Gasteiger charge is 2.47. The smallest absolute Gasteiger partial charge is 0.340 e. The van der Waals surface area contributed by atoms with E-state index in [0.717, 1.165) is 113 Å². The molecule has 0 bridgehead atoms. The second kappa shape index (κ2) is 45.2. The summed E-state index contributed by atoms with van der Waals surface area (Å²) in [5.74, 6) is -1.37. The third kappa shape index (κ3) is 24.2. The van der Waals surface area contributed by atoms with E-state index in [9.17, 15) is 47.1 Å². The minimum absolute atomic E-state index is 0.0355. The number of aromatic amines is 4. The normalized spacial score (nSPS) is 16.9. The number of nitrogens with zero attached hydrogens (tertiary/aromatic N) is 10. The Morgan fingerprint density at radius 1 is 0.370 bits per heavy atom. The molecule has 14 rings (SSSR count). The van der Waals surface area contributed by atoms with Gasteiger partial charge >= 0.3 is 11.9 Å². The Morgan fingerprint density at radius 3 is 0.877 bits per heavy atom. The average Bonchev–Trinajstić information content (AvgIpc) is 1.61. The van der Waals surface area contributed by atoms with Gasteiger partial charge in [0.25, 0.3) is 35.4 Å². The lowest BCUT2D eigenvalue weighted by Crippen LogP contribution is -2.40. The van der Waals surface area contributed by atoms with Crippen LogP contribution in [0.2, 0.25) is 0 Å². The third-order valence-corrected chi connectivity index (χ3v) is 26.0. The lowest BCUT2D eigenvalue weighted by molar-refractivity contribution is -0.141. The highest BCUT2D eigenvalue weighted by atomic mass is 19.1. The Morgan fingerprint density at radius 2 is 0.623 bits per heavy atom. The van der Waals surface area contributed by atoms with Crippen molar-refractivity contribution >= 4 is 69.7 Å². The second-order valence-electron chi connectivity index (χ2n) is 40.7. The van der Waals surface area contributed by atoms with E-state index in [1.54, 1.807) is 71.6 Å². The molecule has 6 aliphatic heterocycles. The SMILES string of the molecule is CCC1=C(C(=O)NC(C)C)c2c(n[nH]c2C)C(C)(C)CN1C(=O)c1ccc(F)c(C)c1.CCC1=C(C(=O)NC(C)C)c2c(n[nH]c2C)C(C)(C)CN1C(=O)c1ccc(OCCN2CCCCC2)cc1.CCC1=C(C(=O)OC(C)C)c2c(n[nH]c2C)C(C)(C)CN1C(=O)c1ccc(F)c(C)c1.CCC1=C(C(=O)OC(C)C)c2c(n[nH]c2C)C(C)(C)CN1C(=O)c1ccc(OCCN2CCCCC2)cc1. The molecule has 6 amide bonds. The number of hydrogen-bond acceptors (Lipinski definition) is 18. The van der Waals surface area contributed by atoms with E-state index in [4.69, 9.17) is 18.9 Å². The Kier molecular flexibility index (Phi) is 34.8. The lowest BCUT2D eigenvalue weighted by Gasteiger charge is -2.31. The zero-order valence-electron chi connectivity index (χ0n) is 86.1. The van der Waals surface area contributed by atoms with Gasteiger partial charge in [-0.3, -0.25) is 59.0 Å². The van der Waals surface area contributed by atoms with Crippen molar-refractivity contribution < 1.29 is 66.1 Å². The summed E-state index contributed by atoms with van der Waals surface area (Å²) in [6, 6.07) is 23.3. The van der Waals surface area contributed by atoms with E-state index < -0.39 is 33.6 Å². The van der Waals surface area contributed by atoms with Crippen LogP contribution in [0.5, 0.6) is 11.5 Å². The van der Waals surface area contributed by atoms with Crippen molar-refractivity contribution in [1.29, 1.82) is 0 Å². The van der Waals surface area contributed by atoms with Crippen LogP contribution in [0.15, 0.2) is 108 Å². The first-order valence-electron chi connectivity index (χ1n) is 49.1. The van der Waals surface area contributed by atoms with E-state index >= 15 is 0 Å². The topological polar surface area (TPSA) is 332 Å². The van der Waals surface area contributed by atoms with Gasteiger partial charge < -0.3 is 49.2 Å². The quantitative estimate of drug-likeness (QED) is 0.0306. The van der Waals surface area contributed by atoms with Crippen molar-refractivity contribution in [2.24, 2.45) is 0 Å². The maximum Gasteiger partial charge on any atom is 0.340 e. The lowest BCUT2D eigenvalue weighted by atomic mass is 9.85. The highest BCUT2D eigenvalue weighted by Crippen LogP contribution is 2.46. The number of piperidine rings is 2. The summed E-state index contributed by atoms with van der Waals surface area (Å²) in [4.78, 5) is 120. The summed E-state index contributed by atoms with van der Waals surface area (Å²) in [7, 11) is 0. The fourth-order valence-corrected chi connectivity index (χ4v) is 19.2. The van der Waals surface area contributed by atoms with Crippen molar-refractivity contribution in [3.63, 3.8) is 0 Å². The predicted octanol–water partition coefficient (Wildman–Crippen LogP) is 18.7. The molecule has 30 heteroatoms. The molecule has 2 fully saturated rings. The molecule has 4 aromatic heterocycles. The molecule has 0 spiro atoms. The number of esters is 2. The summed E-state index contributed by atoms with van der Waals surface area (Å²) in [5, 5.41) is 36.3. The summed E-state index contributed by atoms with van der Waals surface area (Å²) in [5.41, 5.74) is 14.2. The average molecular weight is 1900 g/mol. The van der Waals surface area contributed by atoms with Crippen molar-refractivity contribution in [1.82, 2.24) is 80.8 Å². The van der Waals surface area contributed by atoms with Gasteiger partial charge in [-0.05, 0) is 271 Å². The van der Waals surface area contributed by atoms with Gasteiger partial charge in [0.2, 0.25) is 0 Å². The third-order valence-electron chi connectivity index (χ3n) is 26.0. The Hall–Kier alpha value is -12.2. The van der Waals surface area contributed by atoms with Gasteiger partial charge in [0, 0.05) is 163 Å². The summed E-state index contributed by atoms with van der Waals surface area (Å²) < 4.78 is 50.8. The number of aryl methyl sites for hydroxylation is 6. The van der Waals surface area contributed by atoms with Gasteiger partial charge in [0.15, 0.2) is 0 Å². The van der Waals surface area contributed by atoms with Gasteiger partial charge in [-0.1, -0.05) is 95.9 Å². The van der Waals surface area contributed by atoms with Crippen LogP contribution in [-0.4, -0.2) is 221 Å². The van der Waals surface area contributed by atoms with Gasteiger partial charge in [-0.15, -0.1) is 0 Å². The van der Waals surface area contributed by atoms with Crippen LogP contribution in [-0.2, 0) is 50.3 Å². The van der Waals surface area contributed by atoms with Crippen LogP contribution in [0.4, 0.5) is 8.78 Å². The van der Waals surface area contributed by atoms with Crippen molar-refractivity contribution in [3.05, 3.63) is 221 Å². The zero-order chi connectivity index (χ0) is 101. The maximum atomic E-state index is 14.0. The molecular weight excluding hydrogens is 1750 g/mol. The number of ether oxygens (including phenoxy) is 4. The van der Waals surface area contributed by atoms with Crippen molar-refractivity contribution in [2.75, 3.05) is 78.7 Å². The maximum absolute atomic E-state index is 14.0. The highest BCUT2D eigenvalue weighted by molar-refractivity contribution is 6.24. The molecule has 2 saturated heterocycles. The fourth-order valence-electron chi connectivity index (χ4n) is 19.2. The van der Waals surface area contributed by atoms with Crippen LogP contribution >= 0.6 is 0 Å². The second-order valence-corrected chi connectivity index (χ2v) is 40.7. The first-order valence-corrected chi connectivity index (χ1v) is 49.1. The van der Waals surface area contributed by atoms with E-state index in [1.807, 2.05) is 161 Å². The molecule has 10 heterocycles. The predicted molar refractivity (Wildman–Crippen MR) is 534 cm³/mol. The van der Waals surface area contributed by atoms with Crippen molar-refractivity contribution in [2.45, 2.75) is 290 Å². The monoisotopic (exact) mass is 1900 g/mol. The molecular formula is C108H146F2N16O12. The van der Waals surface area contributed by atoms with Crippen LogP contribution in [0.1, 0.15) is 323 Å². The molecule has 6 aliphatic rings. The van der Waals surface area contributed by atoms with E-state index in [2.05, 4.69) is 88.9 Å². The molecule has 6 N–H and O–H groups in total. The Bertz CT molecular complexity index is 5550. The standard InChI is InChI=1S/C30H43N5O3.C30H42N4O4.C24H31FN4O2.C24H30FN3O3/c1-7-24-26(28(36)31-20(2)3)25-21(4)32-33-27(25)30(5,6)19-35(24)29(37)22-11-13-23(14-12-22)38-18-17-34-15-9-8-10-16-34;1-7-24-26(29(36)38-20(2)3)25-21(4)31-32-27(25)30(5,6)19-34(24)28(35)22-11-13-23(14-12-22)37-18-17-33-15-9-8-10-16-33;1-8-18-20(22(30)26-13(2)3)19-15(5)27-28-21(19)24(6,7)12-29(18)23(31)16-9-10-17(25)14(4)11-16;1-8-18-20(23(30)31-13(2)3)19-15(5)26-27-21(19)24(6,7)12-28(18)22(29)16-9-10-17(25)14(4)11-16/h11-14,20H,7-10,15-19H2,1-6H3,(H,31,36)(H,32,33);11-14,20H,7-10,15-19H2,1-6H3,(H,31,32);9-11,13H,8,12H2,1-7H3,(H,26,30)(H,27,28);9-11,13H,8,12H2,1-7H3,(H,26,27). The molecule has 28 nitrogen and oxygen atoms in total. The Balaban J connectivity index is 0.000000177. The van der Waals surface area contributed by atoms with Gasteiger partial charge in [-0.2, -0.15) is 20.4 Å². The fraction of sp³-hybridized carbons (Fsp3) is 0.519. The number of allylic oxidation sites excluding steroid dienone is 4. The number of fused-ring (bicyclic) bond motifs is 4. The molecule has 8 aromatic rings. The number of hydrogen-bond donors (Lipinski definition) is 6. The zero-order valence-corrected chi connectivity index (χ0v) is 86.1. The first kappa shape index (κ1) is 106. The number of likely N-dealkylation sites (tertiary alicyclic amines) is 2. The van der Waals surface area contributed by atoms with E-state index in [-0.39, 0.29) is 71.4 Å². The molecule has 744 valence electrons. The molecule has 0 atom stereocenters. The molecule has 0 unspecified atom stereocenters.